The van der Waals surface area contributed by atoms with Crippen LogP contribution in [0, 0.1) is 5.92 Å². The second-order valence-corrected chi connectivity index (χ2v) is 4.60. The number of benzene rings is 1. The van der Waals surface area contributed by atoms with Crippen LogP contribution in [0.2, 0.25) is 0 Å². The van der Waals surface area contributed by atoms with Gasteiger partial charge in [0.2, 0.25) is 0 Å². The van der Waals surface area contributed by atoms with Crippen molar-refractivity contribution in [3.05, 3.63) is 30.2 Å². The molecule has 1 unspecified atom stereocenters. The van der Waals surface area contributed by atoms with Gasteiger partial charge in [0.15, 0.2) is 12.0 Å². The molecule has 84 valence electrons. The summed E-state index contributed by atoms with van der Waals surface area (Å²) in [7, 11) is 0. The fraction of sp³-hybridized carbons (Fsp3) is 0.417. The third kappa shape index (κ3) is 1.50. The normalized spacial score (nSPS) is 26.6. The van der Waals surface area contributed by atoms with Crippen molar-refractivity contribution in [3.63, 3.8) is 0 Å². The van der Waals surface area contributed by atoms with Crippen LogP contribution in [-0.2, 0) is 0 Å². The molecule has 1 aliphatic rings. The van der Waals surface area contributed by atoms with E-state index in [2.05, 4.69) is 4.98 Å². The first-order chi connectivity index (χ1) is 7.74. The Morgan fingerprint density at radius 1 is 1.38 bits per heavy atom. The number of aromatic nitrogens is 1. The lowest BCUT2D eigenvalue weighted by Gasteiger charge is -2.36. The summed E-state index contributed by atoms with van der Waals surface area (Å²) in [6, 6.07) is 6.36. The Hall–Kier alpha value is -1.39. The predicted molar refractivity (Wildman–Crippen MR) is 61.6 cm³/mol. The van der Waals surface area contributed by atoms with Gasteiger partial charge in [-0.25, -0.2) is 4.98 Å². The van der Waals surface area contributed by atoms with Gasteiger partial charge < -0.3 is 15.9 Å². The number of fused-ring (bicyclic) bond motifs is 1. The molecule has 0 spiro atoms. The van der Waals surface area contributed by atoms with Crippen molar-refractivity contribution in [2.45, 2.75) is 24.9 Å². The highest BCUT2D eigenvalue weighted by atomic mass is 16.3. The highest BCUT2D eigenvalue weighted by Crippen LogP contribution is 2.36. The third-order valence-corrected chi connectivity index (χ3v) is 3.46. The van der Waals surface area contributed by atoms with Crippen molar-refractivity contribution in [3.8, 4) is 0 Å². The molecule has 1 aliphatic carbocycles. The van der Waals surface area contributed by atoms with E-state index in [4.69, 9.17) is 15.9 Å². The van der Waals surface area contributed by atoms with Crippen molar-refractivity contribution in [2.75, 3.05) is 0 Å². The molecule has 1 saturated carbocycles. The Kier molecular flexibility index (Phi) is 2.19. The summed E-state index contributed by atoms with van der Waals surface area (Å²) in [6.07, 6.45) is 3.50. The number of nitrogens with two attached hydrogens (primary N) is 2. The Morgan fingerprint density at radius 3 is 2.94 bits per heavy atom. The van der Waals surface area contributed by atoms with Crippen LogP contribution in [-0.4, -0.2) is 11.0 Å². The van der Waals surface area contributed by atoms with Crippen LogP contribution in [0.25, 0.3) is 11.1 Å². The summed E-state index contributed by atoms with van der Waals surface area (Å²) >= 11 is 0. The van der Waals surface area contributed by atoms with Gasteiger partial charge in [-0.1, -0.05) is 6.07 Å². The largest absolute Gasteiger partial charge is 0.443 e. The van der Waals surface area contributed by atoms with Gasteiger partial charge in [0.05, 0.1) is 0 Å². The molecule has 0 aliphatic heterocycles. The molecule has 0 radical (unpaired) electrons. The average molecular weight is 217 g/mol. The number of rotatable bonds is 2. The van der Waals surface area contributed by atoms with E-state index in [0.717, 1.165) is 29.5 Å². The van der Waals surface area contributed by atoms with E-state index < -0.39 is 0 Å². The summed E-state index contributed by atoms with van der Waals surface area (Å²) in [5.41, 5.74) is 14.8. The number of nitrogens with zero attached hydrogens (tertiary/aromatic N) is 1. The molecule has 4 N–H and O–H groups in total. The smallest absolute Gasteiger partial charge is 0.181 e. The summed E-state index contributed by atoms with van der Waals surface area (Å²) in [6.45, 7) is 0. The van der Waals surface area contributed by atoms with Crippen molar-refractivity contribution in [1.29, 1.82) is 0 Å². The average Bonchev–Trinajstić information content (AvgIpc) is 2.70. The van der Waals surface area contributed by atoms with Crippen molar-refractivity contribution < 1.29 is 4.42 Å². The Labute approximate surface area is 93.6 Å². The molecule has 4 nitrogen and oxygen atoms in total. The fourth-order valence-corrected chi connectivity index (χ4v) is 2.35. The zero-order chi connectivity index (χ0) is 11.1. The van der Waals surface area contributed by atoms with Crippen LogP contribution in [0.5, 0.6) is 0 Å². The predicted octanol–water partition coefficient (Wildman–Crippen LogP) is 1.56. The van der Waals surface area contributed by atoms with E-state index in [1.807, 2.05) is 18.2 Å². The van der Waals surface area contributed by atoms with Crippen LogP contribution in [0.4, 0.5) is 0 Å². The lowest BCUT2D eigenvalue weighted by molar-refractivity contribution is 0.224. The van der Waals surface area contributed by atoms with Gasteiger partial charge in [0, 0.05) is 12.1 Å². The van der Waals surface area contributed by atoms with Crippen LogP contribution >= 0.6 is 0 Å². The molecule has 0 saturated heterocycles. The second kappa shape index (κ2) is 3.57. The minimum atomic E-state index is 0.0642. The van der Waals surface area contributed by atoms with E-state index >= 15 is 0 Å². The lowest BCUT2D eigenvalue weighted by Crippen LogP contribution is -2.41. The standard InChI is InChI=1S/C12H15N3O/c13-9-3-8(4-9)12(14)7-1-2-10-11(5-7)16-6-15-10/h1-2,5-6,8-9,12H,3-4,13-14H2. The van der Waals surface area contributed by atoms with E-state index in [9.17, 15) is 0 Å². The maximum absolute atomic E-state index is 6.20. The van der Waals surface area contributed by atoms with Crippen LogP contribution in [0.15, 0.2) is 29.0 Å². The first-order valence-corrected chi connectivity index (χ1v) is 5.58. The summed E-state index contributed by atoms with van der Waals surface area (Å²) in [4.78, 5) is 4.08. The molecular weight excluding hydrogens is 202 g/mol. The SMILES string of the molecule is NC1CC(C(N)c2ccc3ncoc3c2)C1. The molecule has 16 heavy (non-hydrogen) atoms. The quantitative estimate of drug-likeness (QED) is 0.800. The first-order valence-electron chi connectivity index (χ1n) is 5.58. The Bertz CT molecular complexity index is 502. The number of hydrogen-bond donors (Lipinski definition) is 2. The molecule has 1 aromatic heterocycles. The molecule has 1 atom stereocenters. The van der Waals surface area contributed by atoms with Crippen LogP contribution < -0.4 is 11.5 Å². The minimum Gasteiger partial charge on any atom is -0.443 e. The van der Waals surface area contributed by atoms with Gasteiger partial charge in [-0.15, -0.1) is 0 Å². The van der Waals surface area contributed by atoms with Crippen LogP contribution in [0.1, 0.15) is 24.4 Å². The molecule has 3 rings (SSSR count). The summed E-state index contributed by atoms with van der Waals surface area (Å²) in [5.74, 6) is 0.510. The van der Waals surface area contributed by atoms with E-state index in [-0.39, 0.29) is 6.04 Å². The number of hydrogen-bond acceptors (Lipinski definition) is 4. The van der Waals surface area contributed by atoms with Gasteiger partial charge in [-0.05, 0) is 36.5 Å². The second-order valence-electron chi connectivity index (χ2n) is 4.60. The Balaban J connectivity index is 1.87. The maximum atomic E-state index is 6.20. The molecule has 1 aromatic carbocycles. The maximum Gasteiger partial charge on any atom is 0.181 e. The zero-order valence-corrected chi connectivity index (χ0v) is 8.97. The van der Waals surface area contributed by atoms with Crippen LogP contribution in [0.3, 0.4) is 0 Å². The highest BCUT2D eigenvalue weighted by Gasteiger charge is 2.31. The lowest BCUT2D eigenvalue weighted by atomic mass is 9.74. The van der Waals surface area contributed by atoms with Gasteiger partial charge in [0.25, 0.3) is 0 Å². The first kappa shape index (κ1) is 9.81. The van der Waals surface area contributed by atoms with Crippen molar-refractivity contribution in [2.24, 2.45) is 17.4 Å². The van der Waals surface area contributed by atoms with Gasteiger partial charge in [0.1, 0.15) is 5.52 Å². The molecule has 1 fully saturated rings. The van der Waals surface area contributed by atoms with E-state index in [0.29, 0.717) is 12.0 Å². The zero-order valence-electron chi connectivity index (χ0n) is 8.97. The molecule has 1 heterocycles. The topological polar surface area (TPSA) is 78.1 Å². The molecule has 2 aromatic rings. The van der Waals surface area contributed by atoms with Crippen molar-refractivity contribution in [1.82, 2.24) is 4.98 Å². The monoisotopic (exact) mass is 217 g/mol. The Morgan fingerprint density at radius 2 is 2.19 bits per heavy atom. The van der Waals surface area contributed by atoms with Gasteiger partial charge in [-0.3, -0.25) is 0 Å². The minimum absolute atomic E-state index is 0.0642. The van der Waals surface area contributed by atoms with Gasteiger partial charge in [-0.2, -0.15) is 0 Å². The van der Waals surface area contributed by atoms with E-state index in [1.54, 1.807) is 0 Å². The third-order valence-electron chi connectivity index (χ3n) is 3.46. The van der Waals surface area contributed by atoms with Gasteiger partial charge >= 0.3 is 0 Å². The summed E-state index contributed by atoms with van der Waals surface area (Å²) in [5, 5.41) is 0. The highest BCUT2D eigenvalue weighted by molar-refractivity contribution is 5.72. The molecule has 0 bridgehead atoms. The van der Waals surface area contributed by atoms with E-state index in [1.165, 1.54) is 6.39 Å². The fourth-order valence-electron chi connectivity index (χ4n) is 2.35. The summed E-state index contributed by atoms with van der Waals surface area (Å²) < 4.78 is 5.27. The molecule has 4 heteroatoms. The molecule has 0 amide bonds. The molecular formula is C12H15N3O. The number of oxazole rings is 1. The van der Waals surface area contributed by atoms with Crippen molar-refractivity contribution >= 4 is 11.1 Å².